The fourth-order valence-corrected chi connectivity index (χ4v) is 2.40. The predicted octanol–water partition coefficient (Wildman–Crippen LogP) is 5.39. The van der Waals surface area contributed by atoms with Crippen molar-refractivity contribution in [2.24, 2.45) is 0 Å². The maximum absolute atomic E-state index is 5.85. The van der Waals surface area contributed by atoms with E-state index in [1.54, 1.807) is 7.11 Å². The second-order valence-electron chi connectivity index (χ2n) is 5.58. The Kier molecular flexibility index (Phi) is 4.62. The van der Waals surface area contributed by atoms with E-state index >= 15 is 0 Å². The molecule has 0 saturated heterocycles. The van der Waals surface area contributed by atoms with Crippen LogP contribution in [0.4, 0.5) is 0 Å². The highest BCUT2D eigenvalue weighted by Crippen LogP contribution is 2.23. The first kappa shape index (κ1) is 15.2. The standard InChI is InChI=1S/C21H20O2/c1-16-3-9-20(10-4-16)23-21-13-7-18(8-14-21)15-17-5-11-19(22-2)12-6-17/h3-14H,15H2,1-2H3. The summed E-state index contributed by atoms with van der Waals surface area (Å²) in [7, 11) is 1.68. The van der Waals surface area contributed by atoms with Crippen molar-refractivity contribution in [1.29, 1.82) is 0 Å². The molecule has 0 N–H and O–H groups in total. The number of hydrogen-bond donors (Lipinski definition) is 0. The highest BCUT2D eigenvalue weighted by Gasteiger charge is 2.00. The Hall–Kier alpha value is -2.74. The third kappa shape index (κ3) is 4.13. The predicted molar refractivity (Wildman–Crippen MR) is 93.5 cm³/mol. The first-order valence-electron chi connectivity index (χ1n) is 7.69. The topological polar surface area (TPSA) is 18.5 Å². The maximum Gasteiger partial charge on any atom is 0.127 e. The maximum atomic E-state index is 5.85. The van der Waals surface area contributed by atoms with Gasteiger partial charge in [0, 0.05) is 0 Å². The van der Waals surface area contributed by atoms with Crippen LogP contribution in [0.1, 0.15) is 16.7 Å². The summed E-state index contributed by atoms with van der Waals surface area (Å²) in [5.41, 5.74) is 3.75. The van der Waals surface area contributed by atoms with Crippen LogP contribution in [0, 0.1) is 6.92 Å². The lowest BCUT2D eigenvalue weighted by atomic mass is 10.0. The van der Waals surface area contributed by atoms with Gasteiger partial charge in [-0.1, -0.05) is 42.0 Å². The molecule has 3 aromatic carbocycles. The third-order valence-electron chi connectivity index (χ3n) is 3.75. The molecule has 2 heteroatoms. The fraction of sp³-hybridized carbons (Fsp3) is 0.143. The minimum atomic E-state index is 0.854. The second-order valence-corrected chi connectivity index (χ2v) is 5.58. The van der Waals surface area contributed by atoms with E-state index in [9.17, 15) is 0 Å². The Morgan fingerprint density at radius 3 is 1.52 bits per heavy atom. The number of ether oxygens (including phenoxy) is 2. The highest BCUT2D eigenvalue weighted by atomic mass is 16.5. The smallest absolute Gasteiger partial charge is 0.127 e. The van der Waals surface area contributed by atoms with E-state index in [2.05, 4.69) is 31.2 Å². The van der Waals surface area contributed by atoms with Crippen LogP contribution in [0.5, 0.6) is 17.2 Å². The molecule has 116 valence electrons. The van der Waals surface area contributed by atoms with Gasteiger partial charge in [-0.05, 0) is 60.9 Å². The van der Waals surface area contributed by atoms with Crippen molar-refractivity contribution in [1.82, 2.24) is 0 Å². The minimum absolute atomic E-state index is 0.854. The highest BCUT2D eigenvalue weighted by molar-refractivity contribution is 5.36. The number of methoxy groups -OCH3 is 1. The van der Waals surface area contributed by atoms with Crippen molar-refractivity contribution < 1.29 is 9.47 Å². The van der Waals surface area contributed by atoms with Crippen LogP contribution in [-0.2, 0) is 6.42 Å². The summed E-state index contributed by atoms with van der Waals surface area (Å²) in [4.78, 5) is 0. The van der Waals surface area contributed by atoms with Gasteiger partial charge in [0.2, 0.25) is 0 Å². The molecule has 0 bridgehead atoms. The molecule has 0 aliphatic carbocycles. The zero-order chi connectivity index (χ0) is 16.1. The van der Waals surface area contributed by atoms with Gasteiger partial charge in [-0.25, -0.2) is 0 Å². The molecular formula is C21H20O2. The summed E-state index contributed by atoms with van der Waals surface area (Å²) >= 11 is 0. The summed E-state index contributed by atoms with van der Waals surface area (Å²) in [6.45, 7) is 2.07. The Bertz CT molecular complexity index is 741. The molecule has 0 saturated carbocycles. The first-order valence-corrected chi connectivity index (χ1v) is 7.69. The van der Waals surface area contributed by atoms with E-state index in [-0.39, 0.29) is 0 Å². The van der Waals surface area contributed by atoms with E-state index in [0.717, 1.165) is 23.7 Å². The van der Waals surface area contributed by atoms with E-state index in [0.29, 0.717) is 0 Å². The average Bonchev–Trinajstić information content (AvgIpc) is 2.59. The van der Waals surface area contributed by atoms with Gasteiger partial charge in [-0.3, -0.25) is 0 Å². The molecule has 2 nitrogen and oxygen atoms in total. The van der Waals surface area contributed by atoms with Gasteiger partial charge in [0.15, 0.2) is 0 Å². The van der Waals surface area contributed by atoms with Gasteiger partial charge in [-0.2, -0.15) is 0 Å². The summed E-state index contributed by atoms with van der Waals surface area (Å²) in [5.74, 6) is 2.60. The Morgan fingerprint density at radius 2 is 1.04 bits per heavy atom. The van der Waals surface area contributed by atoms with Crippen LogP contribution >= 0.6 is 0 Å². The number of rotatable bonds is 5. The van der Waals surface area contributed by atoms with Gasteiger partial charge in [-0.15, -0.1) is 0 Å². The average molecular weight is 304 g/mol. The molecule has 0 atom stereocenters. The fourth-order valence-electron chi connectivity index (χ4n) is 2.40. The molecule has 3 rings (SSSR count). The normalized spacial score (nSPS) is 10.3. The molecule has 0 heterocycles. The number of benzene rings is 3. The molecular weight excluding hydrogens is 284 g/mol. The molecule has 0 unspecified atom stereocenters. The summed E-state index contributed by atoms with van der Waals surface area (Å²) in [5, 5.41) is 0. The van der Waals surface area contributed by atoms with Crippen molar-refractivity contribution in [3.05, 3.63) is 89.5 Å². The SMILES string of the molecule is COc1ccc(Cc2ccc(Oc3ccc(C)cc3)cc2)cc1. The largest absolute Gasteiger partial charge is 0.497 e. The monoisotopic (exact) mass is 304 g/mol. The third-order valence-corrected chi connectivity index (χ3v) is 3.75. The van der Waals surface area contributed by atoms with Crippen LogP contribution in [0.2, 0.25) is 0 Å². The summed E-state index contributed by atoms with van der Waals surface area (Å²) < 4.78 is 11.0. The lowest BCUT2D eigenvalue weighted by Gasteiger charge is -2.08. The molecule has 0 aliphatic rings. The summed E-state index contributed by atoms with van der Waals surface area (Å²) in [6.07, 6.45) is 0.898. The van der Waals surface area contributed by atoms with Crippen LogP contribution in [0.15, 0.2) is 72.8 Å². The van der Waals surface area contributed by atoms with Gasteiger partial charge in [0.25, 0.3) is 0 Å². The molecule has 0 fully saturated rings. The lowest BCUT2D eigenvalue weighted by molar-refractivity contribution is 0.414. The van der Waals surface area contributed by atoms with Crippen molar-refractivity contribution >= 4 is 0 Å². The van der Waals surface area contributed by atoms with Crippen LogP contribution in [-0.4, -0.2) is 7.11 Å². The van der Waals surface area contributed by atoms with Crippen molar-refractivity contribution in [3.8, 4) is 17.2 Å². The Balaban J connectivity index is 1.65. The van der Waals surface area contributed by atoms with Crippen LogP contribution in [0.3, 0.4) is 0 Å². The molecule has 0 amide bonds. The second kappa shape index (κ2) is 7.01. The molecule has 3 aromatic rings. The molecule has 0 radical (unpaired) electrons. The van der Waals surface area contributed by atoms with E-state index in [4.69, 9.17) is 9.47 Å². The van der Waals surface area contributed by atoms with Crippen molar-refractivity contribution in [2.45, 2.75) is 13.3 Å². The molecule has 0 aliphatic heterocycles. The summed E-state index contributed by atoms with van der Waals surface area (Å²) in [6, 6.07) is 24.5. The molecule has 0 spiro atoms. The Labute approximate surface area is 137 Å². The van der Waals surface area contributed by atoms with Gasteiger partial charge in [0.05, 0.1) is 7.11 Å². The van der Waals surface area contributed by atoms with Crippen molar-refractivity contribution in [3.63, 3.8) is 0 Å². The van der Waals surface area contributed by atoms with Crippen LogP contribution < -0.4 is 9.47 Å². The zero-order valence-electron chi connectivity index (χ0n) is 13.5. The van der Waals surface area contributed by atoms with E-state index in [1.807, 2.05) is 48.5 Å². The minimum Gasteiger partial charge on any atom is -0.497 e. The van der Waals surface area contributed by atoms with E-state index in [1.165, 1.54) is 16.7 Å². The van der Waals surface area contributed by atoms with Gasteiger partial charge >= 0.3 is 0 Å². The number of aryl methyl sites for hydroxylation is 1. The number of hydrogen-bond acceptors (Lipinski definition) is 2. The van der Waals surface area contributed by atoms with Gasteiger partial charge in [0.1, 0.15) is 17.2 Å². The Morgan fingerprint density at radius 1 is 0.609 bits per heavy atom. The quantitative estimate of drug-likeness (QED) is 0.629. The van der Waals surface area contributed by atoms with Crippen LogP contribution in [0.25, 0.3) is 0 Å². The zero-order valence-corrected chi connectivity index (χ0v) is 13.5. The van der Waals surface area contributed by atoms with Crippen molar-refractivity contribution in [2.75, 3.05) is 7.11 Å². The molecule has 0 aromatic heterocycles. The molecule has 23 heavy (non-hydrogen) atoms. The van der Waals surface area contributed by atoms with Gasteiger partial charge < -0.3 is 9.47 Å². The first-order chi connectivity index (χ1) is 11.2. The lowest BCUT2D eigenvalue weighted by Crippen LogP contribution is -1.90. The van der Waals surface area contributed by atoms with E-state index < -0.39 is 0 Å².